The molecule has 1 aromatic carbocycles. The molecule has 9 heteroatoms. The van der Waals surface area contributed by atoms with Gasteiger partial charge in [-0.2, -0.15) is 0 Å². The van der Waals surface area contributed by atoms with E-state index in [0.29, 0.717) is 37.4 Å². The second-order valence-electron chi connectivity index (χ2n) is 10.8. The standard InChI is InChI=1S/C30H40FN3O5/c1-37-28-24(17-21(18-25(28)31)26-9-6-16-39-26)27(30(35)36)34-14-12-23(19-34)38-15-4-2-3-8-22-11-10-20-7-5-13-32-29(20)33-22/h10-11,17-18,23,26-27H,2-9,12-16,19H2,1H3,(H,32,33)(H,35,36)/t23-,26-,27-/m1/s1. The molecular formula is C30H40FN3O5. The largest absolute Gasteiger partial charge is 0.493 e. The summed E-state index contributed by atoms with van der Waals surface area (Å²) >= 11 is 0. The highest BCUT2D eigenvalue weighted by atomic mass is 19.1. The van der Waals surface area contributed by atoms with Crippen LogP contribution < -0.4 is 10.1 Å². The highest BCUT2D eigenvalue weighted by molar-refractivity contribution is 5.77. The molecule has 8 nitrogen and oxygen atoms in total. The zero-order chi connectivity index (χ0) is 27.2. The lowest BCUT2D eigenvalue weighted by molar-refractivity contribution is -0.143. The molecule has 4 heterocycles. The Hall–Kier alpha value is -2.75. The van der Waals surface area contributed by atoms with Crippen molar-refractivity contribution in [3.8, 4) is 5.75 Å². The lowest BCUT2D eigenvalue weighted by Crippen LogP contribution is -2.34. The number of fused-ring (bicyclic) bond motifs is 1. The van der Waals surface area contributed by atoms with Crippen LogP contribution in [0.5, 0.6) is 5.75 Å². The van der Waals surface area contributed by atoms with Crippen LogP contribution in [0.4, 0.5) is 10.2 Å². The summed E-state index contributed by atoms with van der Waals surface area (Å²) in [5, 5.41) is 13.6. The molecule has 3 aliphatic rings. The maximum atomic E-state index is 15.0. The van der Waals surface area contributed by atoms with Gasteiger partial charge in [0.15, 0.2) is 11.6 Å². The van der Waals surface area contributed by atoms with Crippen molar-refractivity contribution in [1.82, 2.24) is 9.88 Å². The first-order valence-corrected chi connectivity index (χ1v) is 14.3. The van der Waals surface area contributed by atoms with Gasteiger partial charge >= 0.3 is 5.97 Å². The number of methoxy groups -OCH3 is 1. The van der Waals surface area contributed by atoms with Crippen LogP contribution in [0, 0.1) is 5.82 Å². The number of nitrogens with one attached hydrogen (secondary N) is 1. The monoisotopic (exact) mass is 541 g/mol. The Balaban J connectivity index is 1.11. The summed E-state index contributed by atoms with van der Waals surface area (Å²) in [5.74, 6) is -0.548. The normalized spacial score (nSPS) is 21.9. The molecule has 1 aromatic heterocycles. The summed E-state index contributed by atoms with van der Waals surface area (Å²) in [4.78, 5) is 19.1. The number of hydrogen-bond donors (Lipinski definition) is 2. The molecule has 2 aromatic rings. The van der Waals surface area contributed by atoms with Crippen molar-refractivity contribution in [3.63, 3.8) is 0 Å². The Morgan fingerprint density at radius 1 is 1.26 bits per heavy atom. The zero-order valence-electron chi connectivity index (χ0n) is 22.8. The van der Waals surface area contributed by atoms with Crippen molar-refractivity contribution in [3.05, 3.63) is 52.5 Å². The lowest BCUT2D eigenvalue weighted by Gasteiger charge is -2.27. The quantitative estimate of drug-likeness (QED) is 0.360. The summed E-state index contributed by atoms with van der Waals surface area (Å²) in [7, 11) is 1.38. The number of ether oxygens (including phenoxy) is 3. The number of aryl methyl sites for hydroxylation is 2. The Labute approximate surface area is 229 Å². The molecule has 2 saturated heterocycles. The molecule has 0 radical (unpaired) electrons. The number of carboxylic acid groups (broad SMARTS) is 1. The van der Waals surface area contributed by atoms with Crippen LogP contribution in [0.2, 0.25) is 0 Å². The molecule has 0 amide bonds. The van der Waals surface area contributed by atoms with Gasteiger partial charge in [-0.3, -0.25) is 9.69 Å². The molecule has 3 aliphatic heterocycles. The van der Waals surface area contributed by atoms with E-state index in [2.05, 4.69) is 17.4 Å². The van der Waals surface area contributed by atoms with Gasteiger partial charge in [0.25, 0.3) is 0 Å². The topological polar surface area (TPSA) is 93.2 Å². The fraction of sp³-hybridized carbons (Fsp3) is 0.600. The van der Waals surface area contributed by atoms with E-state index in [0.717, 1.165) is 69.4 Å². The first kappa shape index (κ1) is 27.8. The minimum atomic E-state index is -1.02. The van der Waals surface area contributed by atoms with E-state index < -0.39 is 17.8 Å². The van der Waals surface area contributed by atoms with Crippen LogP contribution in [0.1, 0.15) is 79.5 Å². The fourth-order valence-electron chi connectivity index (χ4n) is 6.03. The zero-order valence-corrected chi connectivity index (χ0v) is 22.8. The number of rotatable bonds is 12. The van der Waals surface area contributed by atoms with Crippen molar-refractivity contribution in [1.29, 1.82) is 0 Å². The number of aromatic nitrogens is 1. The average molecular weight is 542 g/mol. The lowest BCUT2D eigenvalue weighted by atomic mass is 9.97. The molecule has 39 heavy (non-hydrogen) atoms. The SMILES string of the molecule is COc1c(F)cc([C@H]2CCCO2)cc1[C@H](C(=O)O)N1CC[C@@H](OCCCCCc2ccc3c(n2)NCCC3)C1. The average Bonchev–Trinajstić information content (AvgIpc) is 3.63. The maximum absolute atomic E-state index is 15.0. The number of nitrogens with zero attached hydrogens (tertiary/aromatic N) is 2. The first-order chi connectivity index (χ1) is 19.0. The summed E-state index contributed by atoms with van der Waals surface area (Å²) in [6.45, 7) is 3.32. The first-order valence-electron chi connectivity index (χ1n) is 14.3. The van der Waals surface area contributed by atoms with Gasteiger partial charge in [0.2, 0.25) is 0 Å². The molecular weight excluding hydrogens is 501 g/mol. The van der Waals surface area contributed by atoms with Crippen LogP contribution in [-0.4, -0.2) is 67.0 Å². The van der Waals surface area contributed by atoms with Gasteiger partial charge in [-0.1, -0.05) is 12.5 Å². The molecule has 3 atom stereocenters. The Morgan fingerprint density at radius 2 is 2.15 bits per heavy atom. The maximum Gasteiger partial charge on any atom is 0.325 e. The van der Waals surface area contributed by atoms with E-state index in [1.165, 1.54) is 25.2 Å². The Morgan fingerprint density at radius 3 is 2.95 bits per heavy atom. The summed E-state index contributed by atoms with van der Waals surface area (Å²) in [5.41, 5.74) is 3.45. The van der Waals surface area contributed by atoms with Gasteiger partial charge in [-0.25, -0.2) is 9.37 Å². The van der Waals surface area contributed by atoms with Crippen LogP contribution in [0.25, 0.3) is 0 Å². The molecule has 5 rings (SSSR count). The van der Waals surface area contributed by atoms with Gasteiger partial charge in [0, 0.05) is 44.1 Å². The number of halogens is 1. The second kappa shape index (κ2) is 13.1. The number of benzene rings is 1. The third-order valence-electron chi connectivity index (χ3n) is 8.05. The molecule has 2 fully saturated rings. The number of likely N-dealkylation sites (tertiary alicyclic amines) is 1. The highest BCUT2D eigenvalue weighted by Gasteiger charge is 2.37. The van der Waals surface area contributed by atoms with Gasteiger partial charge in [0.05, 0.1) is 19.3 Å². The van der Waals surface area contributed by atoms with Crippen LogP contribution in [0.3, 0.4) is 0 Å². The number of unbranched alkanes of at least 4 members (excludes halogenated alkanes) is 2. The molecule has 0 bridgehead atoms. The second-order valence-corrected chi connectivity index (χ2v) is 10.8. The van der Waals surface area contributed by atoms with Crippen LogP contribution in [-0.2, 0) is 27.1 Å². The molecule has 212 valence electrons. The van der Waals surface area contributed by atoms with Gasteiger partial charge in [0.1, 0.15) is 11.9 Å². The fourth-order valence-corrected chi connectivity index (χ4v) is 6.03. The predicted molar refractivity (Wildman–Crippen MR) is 146 cm³/mol. The summed E-state index contributed by atoms with van der Waals surface area (Å²) in [6, 6.07) is 6.49. The van der Waals surface area contributed by atoms with E-state index in [9.17, 15) is 14.3 Å². The van der Waals surface area contributed by atoms with Crippen molar-refractivity contribution in [2.24, 2.45) is 0 Å². The van der Waals surface area contributed by atoms with Crippen molar-refractivity contribution in [2.45, 2.75) is 76.0 Å². The van der Waals surface area contributed by atoms with E-state index in [1.54, 1.807) is 6.07 Å². The molecule has 2 N–H and O–H groups in total. The van der Waals surface area contributed by atoms with Crippen molar-refractivity contribution < 1.29 is 28.5 Å². The number of anilines is 1. The smallest absolute Gasteiger partial charge is 0.325 e. The number of hydrogen-bond acceptors (Lipinski definition) is 7. The number of pyridine rings is 1. The summed E-state index contributed by atoms with van der Waals surface area (Å²) in [6.07, 6.45) is 8.46. The molecule has 0 saturated carbocycles. The number of carbonyl (C=O) groups is 1. The number of carboxylic acids is 1. The third-order valence-corrected chi connectivity index (χ3v) is 8.05. The third kappa shape index (κ3) is 6.70. The molecule has 0 aliphatic carbocycles. The van der Waals surface area contributed by atoms with E-state index in [1.807, 2.05) is 4.90 Å². The van der Waals surface area contributed by atoms with Gasteiger partial charge in [-0.15, -0.1) is 0 Å². The highest BCUT2D eigenvalue weighted by Crippen LogP contribution is 2.39. The van der Waals surface area contributed by atoms with Crippen LogP contribution >= 0.6 is 0 Å². The molecule has 0 spiro atoms. The minimum Gasteiger partial charge on any atom is -0.493 e. The predicted octanol–water partition coefficient (Wildman–Crippen LogP) is 5.07. The van der Waals surface area contributed by atoms with Crippen molar-refractivity contribution >= 4 is 11.8 Å². The Bertz CT molecular complexity index is 1140. The molecule has 0 unspecified atom stereocenters. The van der Waals surface area contributed by atoms with Gasteiger partial charge < -0.3 is 24.6 Å². The van der Waals surface area contributed by atoms with Gasteiger partial charge in [-0.05, 0) is 80.7 Å². The van der Waals surface area contributed by atoms with Crippen molar-refractivity contribution in [2.75, 3.05) is 45.3 Å². The summed E-state index contributed by atoms with van der Waals surface area (Å²) < 4.78 is 32.2. The van der Waals surface area contributed by atoms with E-state index in [4.69, 9.17) is 19.2 Å². The minimum absolute atomic E-state index is 0.0160. The Kier molecular flexibility index (Phi) is 9.32. The number of aliphatic carboxylic acids is 1. The van der Waals surface area contributed by atoms with E-state index in [-0.39, 0.29) is 18.0 Å². The van der Waals surface area contributed by atoms with E-state index >= 15 is 0 Å². The van der Waals surface area contributed by atoms with Crippen LogP contribution in [0.15, 0.2) is 24.3 Å².